The van der Waals surface area contributed by atoms with Crippen LogP contribution in [0, 0.1) is 5.41 Å². The van der Waals surface area contributed by atoms with E-state index in [0.717, 1.165) is 0 Å². The second-order valence-corrected chi connectivity index (χ2v) is 6.82. The highest BCUT2D eigenvalue weighted by Crippen LogP contribution is 2.44. The normalized spacial score (nSPS) is 17.9. The molecule has 0 aliphatic heterocycles. The van der Waals surface area contributed by atoms with Crippen molar-refractivity contribution in [1.29, 1.82) is 0 Å². The quantitative estimate of drug-likeness (QED) is 0.689. The van der Waals surface area contributed by atoms with Crippen molar-refractivity contribution in [2.45, 2.75) is 47.1 Å². The van der Waals surface area contributed by atoms with Gasteiger partial charge >= 0.3 is 0 Å². The fourth-order valence-corrected chi connectivity index (χ4v) is 1.90. The molecule has 0 fully saturated rings. The van der Waals surface area contributed by atoms with Gasteiger partial charge in [0.15, 0.2) is 0 Å². The molecule has 0 rings (SSSR count). The van der Waals surface area contributed by atoms with Crippen LogP contribution in [0.2, 0.25) is 0 Å². The molecule has 14 heavy (non-hydrogen) atoms. The summed E-state index contributed by atoms with van der Waals surface area (Å²) in [7, 11) is -4.16. The first-order valence-electron chi connectivity index (χ1n) is 4.58. The van der Waals surface area contributed by atoms with E-state index in [4.69, 9.17) is 9.05 Å². The Labute approximate surface area is 86.2 Å². The molecule has 0 heterocycles. The lowest BCUT2D eigenvalue weighted by molar-refractivity contribution is -0.235. The molecule has 0 spiro atoms. The van der Waals surface area contributed by atoms with Crippen LogP contribution in [-0.2, 0) is 13.6 Å². The van der Waals surface area contributed by atoms with E-state index < -0.39 is 13.4 Å². The van der Waals surface area contributed by atoms with Gasteiger partial charge in [0, 0.05) is 0 Å². The molecule has 1 atom stereocenters. The maximum Gasteiger partial charge on any atom is 0.268 e. The second-order valence-electron chi connectivity index (χ2n) is 5.48. The minimum absolute atomic E-state index is 0.129. The molecule has 0 aliphatic rings. The van der Waals surface area contributed by atoms with E-state index in [1.54, 1.807) is 20.8 Å². The minimum atomic E-state index is -4.16. The van der Waals surface area contributed by atoms with Gasteiger partial charge in [-0.05, 0) is 26.2 Å². The van der Waals surface area contributed by atoms with Crippen molar-refractivity contribution in [2.24, 2.45) is 5.41 Å². The molecule has 0 aromatic carbocycles. The van der Waals surface area contributed by atoms with Crippen LogP contribution < -0.4 is 4.89 Å². The average Bonchev–Trinajstić information content (AvgIpc) is 1.76. The monoisotopic (exact) mass is 223 g/mol. The van der Waals surface area contributed by atoms with E-state index in [1.165, 1.54) is 0 Å². The lowest BCUT2D eigenvalue weighted by Gasteiger charge is -2.32. The fraction of sp³-hybridized carbons (Fsp3) is 1.00. The van der Waals surface area contributed by atoms with Crippen LogP contribution in [0.3, 0.4) is 0 Å². The summed E-state index contributed by atoms with van der Waals surface area (Å²) in [4.78, 5) is 11.3. The van der Waals surface area contributed by atoms with Crippen LogP contribution in [0.1, 0.15) is 41.5 Å². The minimum Gasteiger partial charge on any atom is -0.756 e. The van der Waals surface area contributed by atoms with E-state index in [2.05, 4.69) is 0 Å². The van der Waals surface area contributed by atoms with E-state index in [1.807, 2.05) is 20.8 Å². The zero-order valence-electron chi connectivity index (χ0n) is 9.79. The third-order valence-electron chi connectivity index (χ3n) is 1.04. The van der Waals surface area contributed by atoms with Crippen molar-refractivity contribution >= 4 is 7.82 Å². The Morgan fingerprint density at radius 2 is 1.57 bits per heavy atom. The summed E-state index contributed by atoms with van der Waals surface area (Å²) in [6.45, 7) is 10.8. The van der Waals surface area contributed by atoms with E-state index in [-0.39, 0.29) is 12.0 Å². The molecule has 0 aromatic heterocycles. The first-order chi connectivity index (χ1) is 5.91. The topological polar surface area (TPSA) is 58.6 Å². The summed E-state index contributed by atoms with van der Waals surface area (Å²) < 4.78 is 20.8. The Morgan fingerprint density at radius 3 is 1.86 bits per heavy atom. The Kier molecular flexibility index (Phi) is 4.35. The van der Waals surface area contributed by atoms with Gasteiger partial charge in [-0.2, -0.15) is 0 Å². The number of phosphoric ester groups is 1. The highest BCUT2D eigenvalue weighted by Gasteiger charge is 2.22. The average molecular weight is 223 g/mol. The molecule has 4 nitrogen and oxygen atoms in total. The predicted molar refractivity (Wildman–Crippen MR) is 53.9 cm³/mol. The largest absolute Gasteiger partial charge is 0.756 e. The van der Waals surface area contributed by atoms with Crippen molar-refractivity contribution in [3.63, 3.8) is 0 Å². The Morgan fingerprint density at radius 1 is 1.14 bits per heavy atom. The number of rotatable bonds is 3. The predicted octanol–water partition coefficient (Wildman–Crippen LogP) is 2.33. The van der Waals surface area contributed by atoms with Gasteiger partial charge in [0.2, 0.25) is 0 Å². The number of phosphoric acid groups is 1. The van der Waals surface area contributed by atoms with Crippen molar-refractivity contribution in [3.8, 4) is 0 Å². The summed E-state index contributed by atoms with van der Waals surface area (Å²) >= 11 is 0. The van der Waals surface area contributed by atoms with Gasteiger partial charge in [-0.3, -0.25) is 4.57 Å². The molecule has 0 N–H and O–H groups in total. The van der Waals surface area contributed by atoms with Crippen LogP contribution in [0.15, 0.2) is 0 Å². The first kappa shape index (κ1) is 14.1. The van der Waals surface area contributed by atoms with Crippen LogP contribution in [-0.4, -0.2) is 12.2 Å². The lowest BCUT2D eigenvalue weighted by Crippen LogP contribution is -2.25. The Bertz CT molecular complexity index is 224. The van der Waals surface area contributed by atoms with Crippen molar-refractivity contribution in [2.75, 3.05) is 6.61 Å². The van der Waals surface area contributed by atoms with Crippen molar-refractivity contribution in [3.05, 3.63) is 0 Å². The third-order valence-corrected chi connectivity index (χ3v) is 2.26. The van der Waals surface area contributed by atoms with Crippen LogP contribution in [0.5, 0.6) is 0 Å². The van der Waals surface area contributed by atoms with Crippen molar-refractivity contribution < 1.29 is 18.5 Å². The second kappa shape index (κ2) is 4.31. The SMILES string of the molecule is CC(C)(C)COP(=O)([O-])OC(C)(C)C. The van der Waals surface area contributed by atoms with Gasteiger partial charge in [-0.25, -0.2) is 0 Å². The van der Waals surface area contributed by atoms with Gasteiger partial charge in [0.25, 0.3) is 7.82 Å². The maximum absolute atomic E-state index is 11.3. The molecule has 5 heteroatoms. The van der Waals surface area contributed by atoms with Crippen LogP contribution in [0.25, 0.3) is 0 Å². The Hall–Kier alpha value is 0.110. The summed E-state index contributed by atoms with van der Waals surface area (Å²) in [6, 6.07) is 0. The third kappa shape index (κ3) is 8.70. The standard InChI is InChI=1S/C9H21O4P/c1-8(2,3)7-12-14(10,11)13-9(4,5)6/h7H2,1-6H3,(H,10,11)/p-1. The molecule has 0 aliphatic carbocycles. The molecule has 0 amide bonds. The summed E-state index contributed by atoms with van der Waals surface area (Å²) in [5, 5.41) is 0. The molecule has 0 saturated carbocycles. The number of hydrogen-bond acceptors (Lipinski definition) is 4. The zero-order valence-corrected chi connectivity index (χ0v) is 10.7. The van der Waals surface area contributed by atoms with Gasteiger partial charge < -0.3 is 13.9 Å². The first-order valence-corrected chi connectivity index (χ1v) is 6.04. The van der Waals surface area contributed by atoms with Gasteiger partial charge in [0.05, 0.1) is 12.2 Å². The maximum atomic E-state index is 11.3. The highest BCUT2D eigenvalue weighted by molar-refractivity contribution is 7.45. The van der Waals surface area contributed by atoms with Crippen LogP contribution in [0.4, 0.5) is 0 Å². The summed E-state index contributed by atoms with van der Waals surface area (Å²) in [6.07, 6.45) is 0. The Balaban J connectivity index is 4.17. The zero-order chi connectivity index (χ0) is 11.6. The van der Waals surface area contributed by atoms with E-state index >= 15 is 0 Å². The van der Waals surface area contributed by atoms with Crippen LogP contribution >= 0.6 is 7.82 Å². The highest BCUT2D eigenvalue weighted by atomic mass is 31.2. The smallest absolute Gasteiger partial charge is 0.268 e. The fourth-order valence-electron chi connectivity index (χ4n) is 0.634. The lowest BCUT2D eigenvalue weighted by atomic mass is 9.99. The molecule has 0 saturated heterocycles. The van der Waals surface area contributed by atoms with Crippen molar-refractivity contribution in [1.82, 2.24) is 0 Å². The van der Waals surface area contributed by atoms with Gasteiger partial charge in [0.1, 0.15) is 0 Å². The van der Waals surface area contributed by atoms with E-state index in [0.29, 0.717) is 0 Å². The molecule has 0 bridgehead atoms. The summed E-state index contributed by atoms with van der Waals surface area (Å²) in [5.41, 5.74) is -0.934. The van der Waals surface area contributed by atoms with Gasteiger partial charge in [-0.15, -0.1) is 0 Å². The number of hydrogen-bond donors (Lipinski definition) is 0. The van der Waals surface area contributed by atoms with E-state index in [9.17, 15) is 9.46 Å². The molecule has 0 radical (unpaired) electrons. The molecular weight excluding hydrogens is 203 g/mol. The summed E-state index contributed by atoms with van der Waals surface area (Å²) in [5.74, 6) is 0. The molecule has 86 valence electrons. The molecule has 1 unspecified atom stereocenters. The molecular formula is C9H20O4P-. The van der Waals surface area contributed by atoms with Gasteiger partial charge in [-0.1, -0.05) is 20.8 Å². The molecule has 0 aromatic rings.